The van der Waals surface area contributed by atoms with Crippen LogP contribution < -0.4 is 0 Å². The molecule has 0 heterocycles. The molecule has 0 aliphatic carbocycles. The standard InChI is InChI=1S/C16H17FO2/c1-12-5-6-15(16(17)7-12)11-19-10-14-4-2-3-13(8-14)9-18/h2-8,18H,9-11H2,1H3. The van der Waals surface area contributed by atoms with Crippen molar-refractivity contribution in [2.75, 3.05) is 0 Å². The summed E-state index contributed by atoms with van der Waals surface area (Å²) in [6, 6.07) is 12.6. The predicted molar refractivity (Wildman–Crippen MR) is 72.0 cm³/mol. The molecule has 1 N–H and O–H groups in total. The van der Waals surface area contributed by atoms with Gasteiger partial charge in [0.05, 0.1) is 19.8 Å². The molecule has 0 saturated carbocycles. The van der Waals surface area contributed by atoms with Gasteiger partial charge in [-0.3, -0.25) is 0 Å². The van der Waals surface area contributed by atoms with Crippen LogP contribution in [0.5, 0.6) is 0 Å². The van der Waals surface area contributed by atoms with E-state index in [2.05, 4.69) is 0 Å². The molecule has 19 heavy (non-hydrogen) atoms. The number of halogens is 1. The molecule has 3 heteroatoms. The number of hydrogen-bond acceptors (Lipinski definition) is 2. The number of aliphatic hydroxyl groups is 1. The minimum absolute atomic E-state index is 0.0143. The molecular weight excluding hydrogens is 243 g/mol. The summed E-state index contributed by atoms with van der Waals surface area (Å²) in [6.07, 6.45) is 0. The van der Waals surface area contributed by atoms with Crippen LogP contribution in [0.4, 0.5) is 4.39 Å². The highest BCUT2D eigenvalue weighted by atomic mass is 19.1. The van der Waals surface area contributed by atoms with E-state index < -0.39 is 0 Å². The number of hydrogen-bond donors (Lipinski definition) is 1. The molecule has 0 atom stereocenters. The van der Waals surface area contributed by atoms with Crippen LogP contribution in [-0.4, -0.2) is 5.11 Å². The Bertz CT molecular complexity index is 552. The fourth-order valence-electron chi connectivity index (χ4n) is 1.87. The number of aryl methyl sites for hydroxylation is 1. The Morgan fingerprint density at radius 2 is 1.84 bits per heavy atom. The van der Waals surface area contributed by atoms with Gasteiger partial charge in [-0.15, -0.1) is 0 Å². The fourth-order valence-corrected chi connectivity index (χ4v) is 1.87. The van der Waals surface area contributed by atoms with Crippen LogP contribution in [0.3, 0.4) is 0 Å². The SMILES string of the molecule is Cc1ccc(COCc2cccc(CO)c2)c(F)c1. The zero-order chi connectivity index (χ0) is 13.7. The zero-order valence-electron chi connectivity index (χ0n) is 10.9. The van der Waals surface area contributed by atoms with Crippen molar-refractivity contribution in [1.29, 1.82) is 0 Å². The van der Waals surface area contributed by atoms with Gasteiger partial charge in [0.15, 0.2) is 0 Å². The summed E-state index contributed by atoms with van der Waals surface area (Å²) >= 11 is 0. The number of rotatable bonds is 5. The lowest BCUT2D eigenvalue weighted by Crippen LogP contribution is -1.98. The summed E-state index contributed by atoms with van der Waals surface area (Å²) < 4.78 is 19.1. The van der Waals surface area contributed by atoms with Gasteiger partial charge < -0.3 is 9.84 Å². The number of aliphatic hydroxyl groups excluding tert-OH is 1. The smallest absolute Gasteiger partial charge is 0.128 e. The summed E-state index contributed by atoms with van der Waals surface area (Å²) in [5, 5.41) is 9.04. The fraction of sp³-hybridized carbons (Fsp3) is 0.250. The minimum Gasteiger partial charge on any atom is -0.392 e. The van der Waals surface area contributed by atoms with E-state index in [0.29, 0.717) is 12.2 Å². The third kappa shape index (κ3) is 3.88. The molecule has 0 aliphatic rings. The van der Waals surface area contributed by atoms with Gasteiger partial charge in [-0.2, -0.15) is 0 Å². The summed E-state index contributed by atoms with van der Waals surface area (Å²) in [5.74, 6) is -0.232. The number of benzene rings is 2. The maximum absolute atomic E-state index is 13.6. The molecule has 0 amide bonds. The number of ether oxygens (including phenoxy) is 1. The van der Waals surface area contributed by atoms with Crippen LogP contribution in [-0.2, 0) is 24.6 Å². The molecule has 0 spiro atoms. The Balaban J connectivity index is 1.92. The van der Waals surface area contributed by atoms with Crippen LogP contribution >= 0.6 is 0 Å². The van der Waals surface area contributed by atoms with Crippen LogP contribution in [0.1, 0.15) is 22.3 Å². The van der Waals surface area contributed by atoms with Crippen molar-refractivity contribution in [3.05, 3.63) is 70.5 Å². The van der Waals surface area contributed by atoms with Crippen LogP contribution in [0.25, 0.3) is 0 Å². The van der Waals surface area contributed by atoms with Gasteiger partial charge in [-0.1, -0.05) is 36.4 Å². The van der Waals surface area contributed by atoms with Crippen molar-refractivity contribution in [2.45, 2.75) is 26.7 Å². The van der Waals surface area contributed by atoms with E-state index >= 15 is 0 Å². The molecule has 2 nitrogen and oxygen atoms in total. The molecule has 0 fully saturated rings. The van der Waals surface area contributed by atoms with Crippen molar-refractivity contribution < 1.29 is 14.2 Å². The van der Waals surface area contributed by atoms with E-state index in [9.17, 15) is 4.39 Å². The van der Waals surface area contributed by atoms with E-state index in [4.69, 9.17) is 9.84 Å². The molecule has 0 saturated heterocycles. The highest BCUT2D eigenvalue weighted by molar-refractivity contribution is 5.24. The lowest BCUT2D eigenvalue weighted by atomic mass is 10.1. The van der Waals surface area contributed by atoms with Crippen LogP contribution in [0.2, 0.25) is 0 Å². The molecule has 100 valence electrons. The largest absolute Gasteiger partial charge is 0.392 e. The first kappa shape index (κ1) is 13.7. The molecule has 0 aromatic heterocycles. The van der Waals surface area contributed by atoms with Crippen molar-refractivity contribution in [3.8, 4) is 0 Å². The van der Waals surface area contributed by atoms with Gasteiger partial charge >= 0.3 is 0 Å². The second-order valence-corrected chi connectivity index (χ2v) is 4.57. The van der Waals surface area contributed by atoms with Gasteiger partial charge in [-0.05, 0) is 29.7 Å². The topological polar surface area (TPSA) is 29.5 Å². The molecule has 0 radical (unpaired) electrons. The first-order valence-electron chi connectivity index (χ1n) is 6.20. The Morgan fingerprint density at radius 1 is 1.05 bits per heavy atom. The van der Waals surface area contributed by atoms with E-state index in [0.717, 1.165) is 16.7 Å². The molecule has 0 aliphatic heterocycles. The lowest BCUT2D eigenvalue weighted by Gasteiger charge is -2.07. The van der Waals surface area contributed by atoms with Gasteiger partial charge in [0.25, 0.3) is 0 Å². The molecule has 0 bridgehead atoms. The molecular formula is C16H17FO2. The third-order valence-corrected chi connectivity index (χ3v) is 2.91. The highest BCUT2D eigenvalue weighted by Gasteiger charge is 2.03. The van der Waals surface area contributed by atoms with Gasteiger partial charge in [0.2, 0.25) is 0 Å². The van der Waals surface area contributed by atoms with Crippen molar-refractivity contribution in [2.24, 2.45) is 0 Å². The van der Waals surface area contributed by atoms with Crippen molar-refractivity contribution in [3.63, 3.8) is 0 Å². The van der Waals surface area contributed by atoms with E-state index in [1.54, 1.807) is 6.07 Å². The molecule has 0 unspecified atom stereocenters. The average molecular weight is 260 g/mol. The average Bonchev–Trinajstić information content (AvgIpc) is 2.41. The van der Waals surface area contributed by atoms with Crippen LogP contribution in [0.15, 0.2) is 42.5 Å². The lowest BCUT2D eigenvalue weighted by molar-refractivity contribution is 0.105. The Kier molecular flexibility index (Phi) is 4.66. The van der Waals surface area contributed by atoms with Gasteiger partial charge in [0.1, 0.15) is 5.82 Å². The van der Waals surface area contributed by atoms with E-state index in [1.165, 1.54) is 6.07 Å². The molecule has 2 aromatic rings. The summed E-state index contributed by atoms with van der Waals surface area (Å²) in [7, 11) is 0. The summed E-state index contributed by atoms with van der Waals surface area (Å²) in [6.45, 7) is 2.52. The summed E-state index contributed by atoms with van der Waals surface area (Å²) in [4.78, 5) is 0. The minimum atomic E-state index is -0.232. The van der Waals surface area contributed by atoms with Crippen molar-refractivity contribution >= 4 is 0 Å². The van der Waals surface area contributed by atoms with Gasteiger partial charge in [-0.25, -0.2) is 4.39 Å². The van der Waals surface area contributed by atoms with E-state index in [-0.39, 0.29) is 19.0 Å². The predicted octanol–water partition coefficient (Wildman–Crippen LogP) is 3.34. The second-order valence-electron chi connectivity index (χ2n) is 4.57. The Morgan fingerprint density at radius 3 is 2.58 bits per heavy atom. The molecule has 2 aromatic carbocycles. The normalized spacial score (nSPS) is 10.7. The zero-order valence-corrected chi connectivity index (χ0v) is 10.9. The quantitative estimate of drug-likeness (QED) is 0.893. The highest BCUT2D eigenvalue weighted by Crippen LogP contribution is 2.13. The molecule has 2 rings (SSSR count). The second kappa shape index (κ2) is 6.45. The van der Waals surface area contributed by atoms with Crippen LogP contribution in [0, 0.1) is 12.7 Å². The van der Waals surface area contributed by atoms with Gasteiger partial charge in [0, 0.05) is 5.56 Å². The first-order valence-corrected chi connectivity index (χ1v) is 6.20. The van der Waals surface area contributed by atoms with E-state index in [1.807, 2.05) is 37.3 Å². The first-order chi connectivity index (χ1) is 9.19. The Labute approximate surface area is 112 Å². The monoisotopic (exact) mass is 260 g/mol. The maximum Gasteiger partial charge on any atom is 0.128 e. The van der Waals surface area contributed by atoms with Crippen molar-refractivity contribution in [1.82, 2.24) is 0 Å². The third-order valence-electron chi connectivity index (χ3n) is 2.91. The maximum atomic E-state index is 13.6. The Hall–Kier alpha value is -1.71. The summed E-state index contributed by atoms with van der Waals surface area (Å²) in [5.41, 5.74) is 3.28.